The summed E-state index contributed by atoms with van der Waals surface area (Å²) in [7, 11) is 0. The van der Waals surface area contributed by atoms with Crippen LogP contribution in [-0.4, -0.2) is 20.7 Å². The number of nitrogens with one attached hydrogen (secondary N) is 1. The van der Waals surface area contributed by atoms with E-state index in [9.17, 15) is 18.0 Å². The van der Waals surface area contributed by atoms with Crippen molar-refractivity contribution in [1.29, 1.82) is 0 Å². The van der Waals surface area contributed by atoms with Crippen LogP contribution < -0.4 is 5.32 Å². The number of halogens is 3. The van der Waals surface area contributed by atoms with Crippen LogP contribution in [0.5, 0.6) is 0 Å². The number of amides is 1. The number of nitrogens with zero attached hydrogens (tertiary/aromatic N) is 3. The maximum Gasteiger partial charge on any atom is 0.433 e. The van der Waals surface area contributed by atoms with E-state index in [0.717, 1.165) is 16.3 Å². The molecule has 0 saturated carbocycles. The zero-order valence-corrected chi connectivity index (χ0v) is 16.2. The smallest absolute Gasteiger partial charge is 0.348 e. The van der Waals surface area contributed by atoms with Crippen LogP contribution in [-0.2, 0) is 12.7 Å². The molecule has 1 amide bonds. The van der Waals surface area contributed by atoms with Gasteiger partial charge in [0.25, 0.3) is 5.91 Å². The summed E-state index contributed by atoms with van der Waals surface area (Å²) in [5.41, 5.74) is 1.35. The third-order valence-corrected chi connectivity index (χ3v) is 4.63. The molecule has 1 N–H and O–H groups in total. The predicted octanol–water partition coefficient (Wildman–Crippen LogP) is 4.88. The van der Waals surface area contributed by atoms with E-state index >= 15 is 0 Å². The molecule has 0 fully saturated rings. The highest BCUT2D eigenvalue weighted by atomic mass is 19.4. The summed E-state index contributed by atoms with van der Waals surface area (Å²) in [4.78, 5) is 16.1. The monoisotopic (exact) mass is 422 g/mol. The minimum absolute atomic E-state index is 0.180. The van der Waals surface area contributed by atoms with Crippen molar-refractivity contribution in [3.05, 3.63) is 102 Å². The molecule has 5 nitrogen and oxygen atoms in total. The van der Waals surface area contributed by atoms with E-state index in [1.807, 2.05) is 6.07 Å². The largest absolute Gasteiger partial charge is 0.433 e. The molecule has 0 saturated heterocycles. The fraction of sp³-hybridized carbons (Fsp3) is 0.0870. The first kappa shape index (κ1) is 20.3. The Labute approximate surface area is 176 Å². The second-order valence-corrected chi connectivity index (χ2v) is 6.78. The summed E-state index contributed by atoms with van der Waals surface area (Å²) in [6.45, 7) is 0.250. The number of carbonyl (C=O) groups is 1. The standard InChI is InChI=1S/C23H17F3N4O/c24-23(25,26)21-13-20(18-7-4-12-27-15-18)29-30(21)19-10-8-16(9-11-19)14-28-22(31)17-5-2-1-3-6-17/h1-13,15H,14H2,(H,28,31). The molecular weight excluding hydrogens is 405 g/mol. The first-order chi connectivity index (χ1) is 14.9. The summed E-state index contributed by atoms with van der Waals surface area (Å²) >= 11 is 0. The van der Waals surface area contributed by atoms with Crippen LogP contribution in [0, 0.1) is 0 Å². The van der Waals surface area contributed by atoms with Gasteiger partial charge in [-0.05, 0) is 48.0 Å². The number of hydrogen-bond donors (Lipinski definition) is 1. The molecule has 0 aliphatic heterocycles. The number of pyridine rings is 1. The van der Waals surface area contributed by atoms with Gasteiger partial charge in [-0.2, -0.15) is 18.3 Å². The number of aromatic nitrogens is 3. The number of hydrogen-bond acceptors (Lipinski definition) is 3. The Morgan fingerprint density at radius 2 is 1.71 bits per heavy atom. The van der Waals surface area contributed by atoms with Gasteiger partial charge in [-0.25, -0.2) is 4.68 Å². The number of carbonyl (C=O) groups excluding carboxylic acids is 1. The highest BCUT2D eigenvalue weighted by Crippen LogP contribution is 2.33. The molecule has 0 radical (unpaired) electrons. The Bertz CT molecular complexity index is 1170. The fourth-order valence-electron chi connectivity index (χ4n) is 3.06. The van der Waals surface area contributed by atoms with E-state index in [1.54, 1.807) is 66.9 Å². The van der Waals surface area contributed by atoms with Gasteiger partial charge >= 0.3 is 6.18 Å². The number of benzene rings is 2. The second-order valence-electron chi connectivity index (χ2n) is 6.78. The third-order valence-electron chi connectivity index (χ3n) is 4.63. The van der Waals surface area contributed by atoms with Crippen molar-refractivity contribution < 1.29 is 18.0 Å². The van der Waals surface area contributed by atoms with Crippen LogP contribution in [0.3, 0.4) is 0 Å². The molecule has 0 aliphatic rings. The molecule has 4 rings (SSSR count). The Hall–Kier alpha value is -3.94. The average Bonchev–Trinajstić information content (AvgIpc) is 3.25. The van der Waals surface area contributed by atoms with Crippen molar-refractivity contribution in [2.45, 2.75) is 12.7 Å². The molecule has 2 aromatic carbocycles. The van der Waals surface area contributed by atoms with Crippen molar-refractivity contribution in [1.82, 2.24) is 20.1 Å². The molecule has 0 aliphatic carbocycles. The Morgan fingerprint density at radius 3 is 2.35 bits per heavy atom. The van der Waals surface area contributed by atoms with Crippen LogP contribution in [0.1, 0.15) is 21.6 Å². The highest BCUT2D eigenvalue weighted by Gasteiger charge is 2.36. The van der Waals surface area contributed by atoms with Gasteiger partial charge in [0, 0.05) is 30.1 Å². The minimum atomic E-state index is -4.57. The molecule has 8 heteroatoms. The molecule has 2 aromatic heterocycles. The summed E-state index contributed by atoms with van der Waals surface area (Å²) in [5, 5.41) is 6.94. The average molecular weight is 422 g/mol. The van der Waals surface area contributed by atoms with Gasteiger partial charge in [-0.3, -0.25) is 9.78 Å². The summed E-state index contributed by atoms with van der Waals surface area (Å²) < 4.78 is 41.6. The van der Waals surface area contributed by atoms with Crippen molar-refractivity contribution in [3.63, 3.8) is 0 Å². The lowest BCUT2D eigenvalue weighted by Crippen LogP contribution is -2.22. The quantitative estimate of drug-likeness (QED) is 0.499. The normalized spacial score (nSPS) is 11.3. The molecule has 0 bridgehead atoms. The van der Waals surface area contributed by atoms with Crippen molar-refractivity contribution in [2.75, 3.05) is 0 Å². The van der Waals surface area contributed by atoms with Gasteiger partial charge in [-0.15, -0.1) is 0 Å². The predicted molar refractivity (Wildman–Crippen MR) is 109 cm³/mol. The first-order valence-corrected chi connectivity index (χ1v) is 9.42. The van der Waals surface area contributed by atoms with Gasteiger partial charge in [-0.1, -0.05) is 30.3 Å². The molecule has 0 unspecified atom stereocenters. The summed E-state index contributed by atoms with van der Waals surface area (Å²) in [5.74, 6) is -0.225. The van der Waals surface area contributed by atoms with Crippen molar-refractivity contribution in [2.24, 2.45) is 0 Å². The van der Waals surface area contributed by atoms with Crippen LogP contribution in [0.15, 0.2) is 85.2 Å². The van der Waals surface area contributed by atoms with Gasteiger partial charge in [0.15, 0.2) is 0 Å². The zero-order valence-electron chi connectivity index (χ0n) is 16.2. The van der Waals surface area contributed by atoms with Gasteiger partial charge in [0.1, 0.15) is 5.69 Å². The molecule has 0 atom stereocenters. The molecule has 156 valence electrons. The molecule has 0 spiro atoms. The van der Waals surface area contributed by atoms with Gasteiger partial charge in [0.05, 0.1) is 11.4 Å². The van der Waals surface area contributed by atoms with Crippen LogP contribution in [0.2, 0.25) is 0 Å². The topological polar surface area (TPSA) is 59.8 Å². The fourth-order valence-corrected chi connectivity index (χ4v) is 3.06. The molecule has 4 aromatic rings. The van der Waals surface area contributed by atoms with E-state index in [1.165, 1.54) is 6.20 Å². The summed E-state index contributed by atoms with van der Waals surface area (Å²) in [6.07, 6.45) is -1.57. The lowest BCUT2D eigenvalue weighted by atomic mass is 10.2. The van der Waals surface area contributed by atoms with E-state index < -0.39 is 11.9 Å². The van der Waals surface area contributed by atoms with E-state index in [-0.39, 0.29) is 23.8 Å². The maximum absolute atomic E-state index is 13.6. The van der Waals surface area contributed by atoms with Crippen molar-refractivity contribution in [3.8, 4) is 16.9 Å². The minimum Gasteiger partial charge on any atom is -0.348 e. The lowest BCUT2D eigenvalue weighted by molar-refractivity contribution is -0.142. The van der Waals surface area contributed by atoms with Crippen LogP contribution >= 0.6 is 0 Å². The second kappa shape index (κ2) is 8.43. The SMILES string of the molecule is O=C(NCc1ccc(-n2nc(-c3cccnc3)cc2C(F)(F)F)cc1)c1ccccc1. The first-order valence-electron chi connectivity index (χ1n) is 9.42. The van der Waals surface area contributed by atoms with Crippen molar-refractivity contribution >= 4 is 5.91 Å². The van der Waals surface area contributed by atoms with Crippen LogP contribution in [0.4, 0.5) is 13.2 Å². The van der Waals surface area contributed by atoms with Gasteiger partial charge in [0.2, 0.25) is 0 Å². The van der Waals surface area contributed by atoms with E-state index in [2.05, 4.69) is 15.4 Å². The zero-order chi connectivity index (χ0) is 21.8. The highest BCUT2D eigenvalue weighted by molar-refractivity contribution is 5.94. The molecule has 31 heavy (non-hydrogen) atoms. The Balaban J connectivity index is 1.56. The lowest BCUT2D eigenvalue weighted by Gasteiger charge is -2.11. The van der Waals surface area contributed by atoms with Gasteiger partial charge < -0.3 is 5.32 Å². The Morgan fingerprint density at radius 1 is 0.968 bits per heavy atom. The third kappa shape index (κ3) is 4.63. The van der Waals surface area contributed by atoms with E-state index in [0.29, 0.717) is 11.1 Å². The maximum atomic E-state index is 13.6. The van der Waals surface area contributed by atoms with Crippen LogP contribution in [0.25, 0.3) is 16.9 Å². The molecular formula is C23H17F3N4O. The Kier molecular flexibility index (Phi) is 5.53. The number of rotatable bonds is 5. The summed E-state index contributed by atoms with van der Waals surface area (Å²) in [6, 6.07) is 19.5. The van der Waals surface area contributed by atoms with E-state index in [4.69, 9.17) is 0 Å². The number of alkyl halides is 3. The molecule has 2 heterocycles.